The Hall–Kier alpha value is -2.04. The van der Waals surface area contributed by atoms with Gasteiger partial charge in [-0.3, -0.25) is 5.41 Å². The molecule has 1 aliphatic rings. The Morgan fingerprint density at radius 1 is 1.17 bits per heavy atom. The average Bonchev–Trinajstić information content (AvgIpc) is 2.40. The number of anilines is 1. The number of nitrogens with one attached hydrogen (secondary N) is 2. The van der Waals surface area contributed by atoms with Crippen LogP contribution in [0, 0.1) is 5.41 Å². The quantitative estimate of drug-likeness (QED) is 0.551. The van der Waals surface area contributed by atoms with E-state index in [4.69, 9.17) is 11.1 Å². The number of urea groups is 1. The largest absolute Gasteiger partial charge is 0.384 e. The van der Waals surface area contributed by atoms with Gasteiger partial charge in [0.25, 0.3) is 0 Å². The minimum Gasteiger partial charge on any atom is -0.384 e. The molecule has 1 aromatic carbocycles. The van der Waals surface area contributed by atoms with E-state index >= 15 is 0 Å². The summed E-state index contributed by atoms with van der Waals surface area (Å²) < 4.78 is 0. The van der Waals surface area contributed by atoms with E-state index < -0.39 is 0 Å². The van der Waals surface area contributed by atoms with E-state index in [0.717, 1.165) is 31.6 Å². The molecule has 1 fully saturated rings. The van der Waals surface area contributed by atoms with Crippen LogP contribution in [0.15, 0.2) is 24.3 Å². The third-order valence-electron chi connectivity index (χ3n) is 3.09. The first-order valence-corrected chi connectivity index (χ1v) is 6.17. The second kappa shape index (κ2) is 5.53. The lowest BCUT2D eigenvalue weighted by Gasteiger charge is -2.26. The molecule has 0 radical (unpaired) electrons. The van der Waals surface area contributed by atoms with Crippen LogP contribution < -0.4 is 11.1 Å². The highest BCUT2D eigenvalue weighted by Gasteiger charge is 2.16. The smallest absolute Gasteiger partial charge is 0.321 e. The average molecular weight is 246 g/mol. The van der Waals surface area contributed by atoms with Crippen molar-refractivity contribution in [1.82, 2.24) is 4.90 Å². The first-order valence-electron chi connectivity index (χ1n) is 6.17. The number of nitrogens with zero attached hydrogens (tertiary/aromatic N) is 1. The molecule has 0 atom stereocenters. The molecule has 1 saturated heterocycles. The predicted octanol–water partition coefficient (Wildman–Crippen LogP) is 1.99. The molecule has 1 aromatic rings. The number of rotatable bonds is 2. The van der Waals surface area contributed by atoms with Gasteiger partial charge >= 0.3 is 6.03 Å². The van der Waals surface area contributed by atoms with E-state index in [9.17, 15) is 4.79 Å². The topological polar surface area (TPSA) is 82.2 Å². The Kier molecular flexibility index (Phi) is 3.82. The molecular weight excluding hydrogens is 228 g/mol. The Morgan fingerprint density at radius 3 is 2.33 bits per heavy atom. The number of carbonyl (C=O) groups is 1. The van der Waals surface area contributed by atoms with Crippen LogP contribution in [0.2, 0.25) is 0 Å². The highest BCUT2D eigenvalue weighted by Crippen LogP contribution is 2.13. The molecule has 0 bridgehead atoms. The number of benzene rings is 1. The van der Waals surface area contributed by atoms with Gasteiger partial charge in [-0.1, -0.05) is 0 Å². The van der Waals surface area contributed by atoms with Gasteiger partial charge in [0.05, 0.1) is 0 Å². The fourth-order valence-electron chi connectivity index (χ4n) is 2.03. The highest BCUT2D eigenvalue weighted by atomic mass is 16.2. The van der Waals surface area contributed by atoms with Crippen molar-refractivity contribution in [3.63, 3.8) is 0 Å². The minimum atomic E-state index is -0.0507. The molecule has 2 amide bonds. The van der Waals surface area contributed by atoms with Crippen LogP contribution in [-0.4, -0.2) is 29.9 Å². The van der Waals surface area contributed by atoms with Gasteiger partial charge in [0.2, 0.25) is 0 Å². The van der Waals surface area contributed by atoms with Crippen LogP contribution in [0.5, 0.6) is 0 Å². The van der Waals surface area contributed by atoms with Crippen molar-refractivity contribution < 1.29 is 4.79 Å². The predicted molar refractivity (Wildman–Crippen MR) is 71.9 cm³/mol. The molecular formula is C13H18N4O. The van der Waals surface area contributed by atoms with Gasteiger partial charge in [-0.15, -0.1) is 0 Å². The van der Waals surface area contributed by atoms with E-state index in [0.29, 0.717) is 5.56 Å². The Morgan fingerprint density at radius 2 is 1.78 bits per heavy atom. The molecule has 0 aromatic heterocycles. The Labute approximate surface area is 106 Å². The van der Waals surface area contributed by atoms with E-state index in [2.05, 4.69) is 5.32 Å². The molecule has 5 nitrogen and oxygen atoms in total. The SMILES string of the molecule is N=C(N)c1ccc(NC(=O)N2CCCCC2)cc1. The fourth-order valence-corrected chi connectivity index (χ4v) is 2.03. The summed E-state index contributed by atoms with van der Waals surface area (Å²) in [5.74, 6) is 0.0314. The van der Waals surface area contributed by atoms with Crippen molar-refractivity contribution in [3.05, 3.63) is 29.8 Å². The first-order chi connectivity index (χ1) is 8.66. The van der Waals surface area contributed by atoms with Gasteiger partial charge in [0, 0.05) is 24.3 Å². The zero-order valence-electron chi connectivity index (χ0n) is 10.3. The second-order valence-corrected chi connectivity index (χ2v) is 4.47. The maximum absolute atomic E-state index is 11.9. The summed E-state index contributed by atoms with van der Waals surface area (Å²) in [6, 6.07) is 6.93. The second-order valence-electron chi connectivity index (χ2n) is 4.47. The summed E-state index contributed by atoms with van der Waals surface area (Å²) in [7, 11) is 0. The molecule has 0 aliphatic carbocycles. The summed E-state index contributed by atoms with van der Waals surface area (Å²) in [5, 5.41) is 10.1. The van der Waals surface area contributed by atoms with E-state index in [-0.39, 0.29) is 11.9 Å². The molecule has 1 aliphatic heterocycles. The number of hydrogen-bond acceptors (Lipinski definition) is 2. The van der Waals surface area contributed by atoms with Crippen LogP contribution in [0.1, 0.15) is 24.8 Å². The Balaban J connectivity index is 1.96. The number of nitrogens with two attached hydrogens (primary N) is 1. The Bertz CT molecular complexity index is 435. The fraction of sp³-hybridized carbons (Fsp3) is 0.385. The van der Waals surface area contributed by atoms with Crippen LogP contribution >= 0.6 is 0 Å². The monoisotopic (exact) mass is 246 g/mol. The van der Waals surface area contributed by atoms with Gasteiger partial charge in [0.1, 0.15) is 5.84 Å². The molecule has 0 spiro atoms. The molecule has 2 rings (SSSR count). The molecule has 5 heteroatoms. The number of nitrogen functional groups attached to an aromatic ring is 1. The van der Waals surface area contributed by atoms with Crippen LogP contribution in [0.25, 0.3) is 0 Å². The number of hydrogen-bond donors (Lipinski definition) is 3. The van der Waals surface area contributed by atoms with Crippen LogP contribution in [0.4, 0.5) is 10.5 Å². The van der Waals surface area contributed by atoms with Crippen molar-refractivity contribution in [2.24, 2.45) is 5.73 Å². The molecule has 0 unspecified atom stereocenters. The first kappa shape index (κ1) is 12.4. The lowest BCUT2D eigenvalue weighted by molar-refractivity contribution is 0.200. The maximum Gasteiger partial charge on any atom is 0.321 e. The number of piperidine rings is 1. The summed E-state index contributed by atoms with van der Waals surface area (Å²) in [4.78, 5) is 13.8. The molecule has 96 valence electrons. The minimum absolute atomic E-state index is 0.0314. The lowest BCUT2D eigenvalue weighted by Crippen LogP contribution is -2.38. The van der Waals surface area contributed by atoms with Gasteiger partial charge in [-0.05, 0) is 43.5 Å². The van der Waals surface area contributed by atoms with E-state index in [1.807, 2.05) is 4.90 Å². The van der Waals surface area contributed by atoms with Gasteiger partial charge in [0.15, 0.2) is 0 Å². The normalized spacial score (nSPS) is 15.2. The number of carbonyl (C=O) groups excluding carboxylic acids is 1. The number of likely N-dealkylation sites (tertiary alicyclic amines) is 1. The van der Waals surface area contributed by atoms with Gasteiger partial charge < -0.3 is 16.0 Å². The van der Waals surface area contributed by atoms with E-state index in [1.54, 1.807) is 24.3 Å². The van der Waals surface area contributed by atoms with Crippen molar-refractivity contribution >= 4 is 17.6 Å². The molecule has 1 heterocycles. The van der Waals surface area contributed by atoms with Crippen molar-refractivity contribution in [1.29, 1.82) is 5.41 Å². The molecule has 0 saturated carbocycles. The van der Waals surface area contributed by atoms with Crippen molar-refractivity contribution in [2.75, 3.05) is 18.4 Å². The van der Waals surface area contributed by atoms with Crippen LogP contribution in [0.3, 0.4) is 0 Å². The lowest BCUT2D eigenvalue weighted by atomic mass is 10.1. The standard InChI is InChI=1S/C13H18N4O/c14-12(15)10-4-6-11(7-5-10)16-13(18)17-8-2-1-3-9-17/h4-7H,1-3,8-9H2,(H3,14,15)(H,16,18). The molecule has 18 heavy (non-hydrogen) atoms. The van der Waals surface area contributed by atoms with E-state index in [1.165, 1.54) is 6.42 Å². The summed E-state index contributed by atoms with van der Waals surface area (Å²) >= 11 is 0. The molecule has 4 N–H and O–H groups in total. The summed E-state index contributed by atoms with van der Waals surface area (Å²) in [6.07, 6.45) is 3.37. The zero-order valence-corrected chi connectivity index (χ0v) is 10.3. The summed E-state index contributed by atoms with van der Waals surface area (Å²) in [5.41, 5.74) is 6.76. The highest BCUT2D eigenvalue weighted by molar-refractivity contribution is 5.96. The zero-order chi connectivity index (χ0) is 13.0. The number of amides is 2. The number of amidine groups is 1. The summed E-state index contributed by atoms with van der Waals surface area (Å²) in [6.45, 7) is 1.66. The third-order valence-corrected chi connectivity index (χ3v) is 3.09. The van der Waals surface area contributed by atoms with Crippen LogP contribution in [-0.2, 0) is 0 Å². The maximum atomic E-state index is 11.9. The van der Waals surface area contributed by atoms with Crippen molar-refractivity contribution in [2.45, 2.75) is 19.3 Å². The van der Waals surface area contributed by atoms with Gasteiger partial charge in [-0.25, -0.2) is 4.79 Å². The van der Waals surface area contributed by atoms with Crippen molar-refractivity contribution in [3.8, 4) is 0 Å². The third kappa shape index (κ3) is 3.00. The van der Waals surface area contributed by atoms with Gasteiger partial charge in [-0.2, -0.15) is 0 Å².